The minimum absolute atomic E-state index is 0.226. The number of ether oxygens (including phenoxy) is 5. The van der Waals surface area contributed by atoms with Crippen molar-refractivity contribution in [2.45, 2.75) is 56.9 Å². The van der Waals surface area contributed by atoms with Crippen LogP contribution >= 0.6 is 0 Å². The van der Waals surface area contributed by atoms with E-state index in [2.05, 4.69) is 0 Å². The molecule has 1 fully saturated rings. The molecule has 0 aromatic heterocycles. The number of rotatable bonds is 11. The fourth-order valence-corrected chi connectivity index (χ4v) is 4.25. The van der Waals surface area contributed by atoms with Crippen molar-refractivity contribution >= 4 is 0 Å². The van der Waals surface area contributed by atoms with Gasteiger partial charge in [-0.3, -0.25) is 0 Å². The molecule has 3 unspecified atom stereocenters. The topological polar surface area (TPSA) is 66.4 Å². The van der Waals surface area contributed by atoms with E-state index < -0.39 is 24.6 Å². The molecule has 6 nitrogen and oxygen atoms in total. The Morgan fingerprint density at radius 2 is 1.14 bits per heavy atom. The monoisotopic (exact) mass is 478 g/mol. The molecule has 4 rings (SSSR count). The van der Waals surface area contributed by atoms with Gasteiger partial charge in [-0.2, -0.15) is 0 Å². The third-order valence-corrected chi connectivity index (χ3v) is 6.12. The summed E-state index contributed by atoms with van der Waals surface area (Å²) in [6, 6.07) is 29.9. The van der Waals surface area contributed by atoms with Crippen LogP contribution in [0.25, 0.3) is 0 Å². The zero-order chi connectivity index (χ0) is 24.3. The lowest BCUT2D eigenvalue weighted by Crippen LogP contribution is -2.43. The summed E-state index contributed by atoms with van der Waals surface area (Å²) in [4.78, 5) is 0. The third-order valence-electron chi connectivity index (χ3n) is 6.12. The zero-order valence-corrected chi connectivity index (χ0v) is 20.1. The van der Waals surface area contributed by atoms with Gasteiger partial charge in [-0.05, 0) is 16.7 Å². The molecule has 186 valence electrons. The van der Waals surface area contributed by atoms with Crippen molar-refractivity contribution in [2.75, 3.05) is 13.7 Å². The van der Waals surface area contributed by atoms with Crippen LogP contribution < -0.4 is 0 Å². The van der Waals surface area contributed by atoms with Gasteiger partial charge in [0.25, 0.3) is 0 Å². The maximum Gasteiger partial charge on any atom is 0.184 e. The summed E-state index contributed by atoms with van der Waals surface area (Å²) in [5, 5.41) is 10.2. The molecule has 5 atom stereocenters. The van der Waals surface area contributed by atoms with Crippen LogP contribution in [0.3, 0.4) is 0 Å². The standard InChI is InChI=1S/C29H34O6/c1-31-29-26(33-20-23-13-7-3-8-14-23)17-25(32-19-22-11-5-2-6-12-22)28(27(18-30)35-29)34-21-24-15-9-4-10-16-24/h2-16,25-30H,17-21H2,1H3/t25?,26-,27?,28+,29?/m0/s1. The minimum atomic E-state index is -0.663. The second-order valence-electron chi connectivity index (χ2n) is 8.63. The first-order valence-electron chi connectivity index (χ1n) is 12.0. The summed E-state index contributed by atoms with van der Waals surface area (Å²) < 4.78 is 30.9. The largest absolute Gasteiger partial charge is 0.394 e. The van der Waals surface area contributed by atoms with Crippen molar-refractivity contribution in [1.82, 2.24) is 0 Å². The molecule has 3 aromatic rings. The summed E-state index contributed by atoms with van der Waals surface area (Å²) in [5.41, 5.74) is 3.16. The smallest absolute Gasteiger partial charge is 0.184 e. The highest BCUT2D eigenvalue weighted by molar-refractivity contribution is 5.15. The fraction of sp³-hybridized carbons (Fsp3) is 0.379. The van der Waals surface area contributed by atoms with Crippen molar-refractivity contribution in [3.05, 3.63) is 108 Å². The van der Waals surface area contributed by atoms with E-state index >= 15 is 0 Å². The summed E-state index contributed by atoms with van der Waals surface area (Å²) >= 11 is 0. The Labute approximate surface area is 207 Å². The minimum Gasteiger partial charge on any atom is -0.394 e. The second-order valence-corrected chi connectivity index (χ2v) is 8.63. The van der Waals surface area contributed by atoms with E-state index in [1.807, 2.05) is 91.0 Å². The first-order chi connectivity index (χ1) is 17.3. The lowest BCUT2D eigenvalue weighted by atomic mass is 10.0. The SMILES string of the molecule is COC1OC(CO)[C@H](OCc2ccccc2)C(OCc2ccccc2)C[C@@H]1OCc1ccccc1. The summed E-state index contributed by atoms with van der Waals surface area (Å²) in [6.45, 7) is 0.983. The molecule has 1 aliphatic rings. The van der Waals surface area contributed by atoms with E-state index in [1.54, 1.807) is 7.11 Å². The Kier molecular flexibility index (Phi) is 9.84. The maximum absolute atomic E-state index is 10.2. The van der Waals surface area contributed by atoms with Gasteiger partial charge in [0.2, 0.25) is 0 Å². The van der Waals surface area contributed by atoms with Crippen molar-refractivity contribution in [3.8, 4) is 0 Å². The molecule has 35 heavy (non-hydrogen) atoms. The number of benzene rings is 3. The summed E-state index contributed by atoms with van der Waals surface area (Å²) in [6.07, 6.45) is -2.09. The van der Waals surface area contributed by atoms with Crippen LogP contribution in [0, 0.1) is 0 Å². The lowest BCUT2D eigenvalue weighted by molar-refractivity contribution is -0.230. The van der Waals surface area contributed by atoms with Gasteiger partial charge < -0.3 is 28.8 Å². The van der Waals surface area contributed by atoms with E-state index in [0.717, 1.165) is 16.7 Å². The number of hydrogen-bond donors (Lipinski definition) is 1. The van der Waals surface area contributed by atoms with Crippen LogP contribution in [-0.2, 0) is 43.5 Å². The quantitative estimate of drug-likeness (QED) is 0.438. The van der Waals surface area contributed by atoms with E-state index in [4.69, 9.17) is 23.7 Å². The van der Waals surface area contributed by atoms with Crippen LogP contribution in [0.1, 0.15) is 23.1 Å². The molecule has 0 saturated carbocycles. The first-order valence-corrected chi connectivity index (χ1v) is 12.0. The van der Waals surface area contributed by atoms with E-state index in [1.165, 1.54) is 0 Å². The molecule has 0 bridgehead atoms. The molecule has 3 aromatic carbocycles. The van der Waals surface area contributed by atoms with E-state index in [9.17, 15) is 5.11 Å². The van der Waals surface area contributed by atoms with E-state index in [-0.39, 0.29) is 12.7 Å². The van der Waals surface area contributed by atoms with Crippen LogP contribution in [0.4, 0.5) is 0 Å². The fourth-order valence-electron chi connectivity index (χ4n) is 4.25. The van der Waals surface area contributed by atoms with Gasteiger partial charge in [0.1, 0.15) is 18.3 Å². The predicted octanol–water partition coefficient (Wildman–Crippen LogP) is 4.50. The Morgan fingerprint density at radius 1 is 0.686 bits per heavy atom. The Balaban J connectivity index is 1.53. The van der Waals surface area contributed by atoms with Gasteiger partial charge in [0.15, 0.2) is 6.29 Å². The molecule has 6 heteroatoms. The van der Waals surface area contributed by atoms with Crippen LogP contribution in [-0.4, -0.2) is 49.5 Å². The summed E-state index contributed by atoms with van der Waals surface area (Å²) in [5.74, 6) is 0. The van der Waals surface area contributed by atoms with E-state index in [0.29, 0.717) is 26.2 Å². The number of methoxy groups -OCH3 is 1. The van der Waals surface area contributed by atoms with Gasteiger partial charge in [-0.25, -0.2) is 0 Å². The third kappa shape index (κ3) is 7.45. The van der Waals surface area contributed by atoms with Crippen LogP contribution in [0.15, 0.2) is 91.0 Å². The number of hydrogen-bond acceptors (Lipinski definition) is 6. The maximum atomic E-state index is 10.2. The van der Waals surface area contributed by atoms with Crippen LogP contribution in [0.2, 0.25) is 0 Å². The second kappa shape index (κ2) is 13.5. The van der Waals surface area contributed by atoms with Gasteiger partial charge in [-0.15, -0.1) is 0 Å². The molecular formula is C29H34O6. The first kappa shape index (κ1) is 25.5. The highest BCUT2D eigenvalue weighted by Crippen LogP contribution is 2.29. The molecule has 0 radical (unpaired) electrons. The molecular weight excluding hydrogens is 444 g/mol. The highest BCUT2D eigenvalue weighted by atomic mass is 16.7. The number of aliphatic hydroxyl groups excluding tert-OH is 1. The van der Waals surface area contributed by atoms with Gasteiger partial charge in [0, 0.05) is 13.5 Å². The molecule has 0 amide bonds. The average Bonchev–Trinajstić information content (AvgIpc) is 3.07. The molecule has 1 N–H and O–H groups in total. The zero-order valence-electron chi connectivity index (χ0n) is 20.1. The molecule has 0 spiro atoms. The van der Waals surface area contributed by atoms with Crippen molar-refractivity contribution in [3.63, 3.8) is 0 Å². The molecule has 0 aliphatic carbocycles. The Morgan fingerprint density at radius 3 is 1.60 bits per heavy atom. The van der Waals surface area contributed by atoms with Gasteiger partial charge >= 0.3 is 0 Å². The van der Waals surface area contributed by atoms with Crippen molar-refractivity contribution < 1.29 is 28.8 Å². The lowest BCUT2D eigenvalue weighted by Gasteiger charge is -2.30. The Hall–Kier alpha value is -2.58. The number of aliphatic hydroxyl groups is 1. The normalized spacial score (nSPS) is 24.7. The van der Waals surface area contributed by atoms with Crippen molar-refractivity contribution in [2.24, 2.45) is 0 Å². The van der Waals surface area contributed by atoms with Gasteiger partial charge in [-0.1, -0.05) is 91.0 Å². The molecule has 1 heterocycles. The average molecular weight is 479 g/mol. The molecule has 1 saturated heterocycles. The highest BCUT2D eigenvalue weighted by Gasteiger charge is 2.42. The molecule has 1 aliphatic heterocycles. The van der Waals surface area contributed by atoms with Crippen molar-refractivity contribution in [1.29, 1.82) is 0 Å². The predicted molar refractivity (Wildman–Crippen MR) is 132 cm³/mol. The Bertz CT molecular complexity index is 968. The van der Waals surface area contributed by atoms with Crippen LogP contribution in [0.5, 0.6) is 0 Å². The van der Waals surface area contributed by atoms with Gasteiger partial charge in [0.05, 0.1) is 32.5 Å². The summed E-state index contributed by atoms with van der Waals surface area (Å²) in [7, 11) is 1.59.